The van der Waals surface area contributed by atoms with Gasteiger partial charge in [-0.05, 0) is 60.0 Å². The van der Waals surface area contributed by atoms with Gasteiger partial charge in [-0.2, -0.15) is 8.42 Å². The van der Waals surface area contributed by atoms with Crippen LogP contribution in [-0.4, -0.2) is 21.7 Å². The monoisotopic (exact) mass is 395 g/mol. The van der Waals surface area contributed by atoms with E-state index in [-0.39, 0.29) is 10.6 Å². The molecular formula is C22H21NO4S. The zero-order chi connectivity index (χ0) is 20.0. The van der Waals surface area contributed by atoms with Gasteiger partial charge in [-0.1, -0.05) is 37.3 Å². The number of hydrogen-bond acceptors (Lipinski definition) is 5. The van der Waals surface area contributed by atoms with Crippen molar-refractivity contribution in [3.8, 4) is 11.5 Å². The van der Waals surface area contributed by atoms with Crippen molar-refractivity contribution in [2.45, 2.75) is 18.2 Å². The Kier molecular flexibility index (Phi) is 6.11. The van der Waals surface area contributed by atoms with Gasteiger partial charge in [0.15, 0.2) is 11.5 Å². The topological polar surface area (TPSA) is 65.0 Å². The number of methoxy groups -OCH3 is 1. The molecule has 0 unspecified atom stereocenters. The maximum Gasteiger partial charge on any atom is 0.339 e. The van der Waals surface area contributed by atoms with Crippen molar-refractivity contribution in [1.29, 1.82) is 0 Å². The largest absolute Gasteiger partial charge is 0.493 e. The SMILES string of the molecule is CCc1ccc(N=Cc2ccc(OS(=O)(=O)c3ccccc3)c(OC)c2)cc1. The molecule has 0 spiro atoms. The van der Waals surface area contributed by atoms with Crippen molar-refractivity contribution in [1.82, 2.24) is 0 Å². The number of rotatable bonds is 7. The number of benzene rings is 3. The molecule has 0 saturated heterocycles. The highest BCUT2D eigenvalue weighted by Gasteiger charge is 2.18. The van der Waals surface area contributed by atoms with Crippen molar-refractivity contribution in [2.75, 3.05) is 7.11 Å². The maximum absolute atomic E-state index is 12.4. The van der Waals surface area contributed by atoms with Crippen LogP contribution in [0, 0.1) is 0 Å². The molecular weight excluding hydrogens is 374 g/mol. The van der Waals surface area contributed by atoms with Crippen LogP contribution in [0.25, 0.3) is 0 Å². The van der Waals surface area contributed by atoms with Gasteiger partial charge in [0.2, 0.25) is 0 Å². The molecule has 0 radical (unpaired) electrons. The van der Waals surface area contributed by atoms with Gasteiger partial charge in [-0.25, -0.2) is 0 Å². The van der Waals surface area contributed by atoms with Crippen molar-refractivity contribution < 1.29 is 17.3 Å². The van der Waals surface area contributed by atoms with E-state index in [9.17, 15) is 8.42 Å². The number of hydrogen-bond donors (Lipinski definition) is 0. The smallest absolute Gasteiger partial charge is 0.339 e. The van der Waals surface area contributed by atoms with E-state index in [0.717, 1.165) is 17.7 Å². The Bertz CT molecular complexity index is 1060. The molecule has 5 nitrogen and oxygen atoms in total. The Morgan fingerprint density at radius 3 is 2.29 bits per heavy atom. The molecule has 0 bridgehead atoms. The molecule has 144 valence electrons. The van der Waals surface area contributed by atoms with Gasteiger partial charge < -0.3 is 8.92 Å². The molecule has 0 aliphatic rings. The molecule has 3 rings (SSSR count). The predicted molar refractivity (Wildman–Crippen MR) is 110 cm³/mol. The standard InChI is InChI=1S/C22H21NO4S/c1-3-17-9-12-19(13-10-17)23-16-18-11-14-21(22(15-18)26-2)27-28(24,25)20-7-5-4-6-8-20/h4-16H,3H2,1-2H3. The number of nitrogens with zero attached hydrogens (tertiary/aromatic N) is 1. The summed E-state index contributed by atoms with van der Waals surface area (Å²) in [5, 5.41) is 0. The number of aliphatic imine (C=N–C) groups is 1. The fourth-order valence-corrected chi connectivity index (χ4v) is 3.51. The fraction of sp³-hybridized carbons (Fsp3) is 0.136. The first kappa shape index (κ1) is 19.6. The first-order valence-electron chi connectivity index (χ1n) is 8.82. The van der Waals surface area contributed by atoms with E-state index in [0.29, 0.717) is 5.75 Å². The van der Waals surface area contributed by atoms with E-state index in [1.54, 1.807) is 42.6 Å². The van der Waals surface area contributed by atoms with E-state index in [1.807, 2.05) is 24.3 Å². The molecule has 0 amide bonds. The third-order valence-electron chi connectivity index (χ3n) is 4.13. The van der Waals surface area contributed by atoms with E-state index in [4.69, 9.17) is 8.92 Å². The molecule has 3 aromatic rings. The summed E-state index contributed by atoms with van der Waals surface area (Å²) < 4.78 is 35.4. The fourth-order valence-electron chi connectivity index (χ4n) is 2.55. The van der Waals surface area contributed by atoms with E-state index in [1.165, 1.54) is 24.8 Å². The van der Waals surface area contributed by atoms with Crippen molar-refractivity contribution >= 4 is 22.0 Å². The molecule has 0 atom stereocenters. The first-order valence-corrected chi connectivity index (χ1v) is 10.2. The predicted octanol–water partition coefficient (Wildman–Crippen LogP) is 4.78. The summed E-state index contributed by atoms with van der Waals surface area (Å²) in [6.45, 7) is 2.10. The summed E-state index contributed by atoms with van der Waals surface area (Å²) >= 11 is 0. The molecule has 6 heteroatoms. The van der Waals surface area contributed by atoms with Gasteiger partial charge in [0, 0.05) is 6.21 Å². The van der Waals surface area contributed by atoms with Crippen molar-refractivity contribution in [3.05, 3.63) is 83.9 Å². The van der Waals surface area contributed by atoms with E-state index >= 15 is 0 Å². The second-order valence-corrected chi connectivity index (χ2v) is 7.59. The normalized spacial score (nSPS) is 11.5. The molecule has 28 heavy (non-hydrogen) atoms. The third-order valence-corrected chi connectivity index (χ3v) is 5.37. The molecule has 0 aliphatic carbocycles. The number of aryl methyl sites for hydroxylation is 1. The average molecular weight is 395 g/mol. The summed E-state index contributed by atoms with van der Waals surface area (Å²) in [7, 11) is -2.47. The molecule has 0 saturated carbocycles. The van der Waals surface area contributed by atoms with Crippen LogP contribution >= 0.6 is 0 Å². The maximum atomic E-state index is 12.4. The van der Waals surface area contributed by atoms with Crippen molar-refractivity contribution in [2.24, 2.45) is 4.99 Å². The van der Waals surface area contributed by atoms with Crippen LogP contribution in [0.1, 0.15) is 18.1 Å². The molecule has 0 aromatic heterocycles. The van der Waals surface area contributed by atoms with Gasteiger partial charge in [-0.3, -0.25) is 4.99 Å². The Hall–Kier alpha value is -3.12. The van der Waals surface area contributed by atoms with Crippen LogP contribution in [0.15, 0.2) is 82.7 Å². The molecule has 0 heterocycles. The molecule has 0 N–H and O–H groups in total. The van der Waals surface area contributed by atoms with Gasteiger partial charge in [0.05, 0.1) is 12.8 Å². The van der Waals surface area contributed by atoms with Crippen LogP contribution in [0.2, 0.25) is 0 Å². The summed E-state index contributed by atoms with van der Waals surface area (Å²) in [5.74, 6) is 0.431. The molecule has 3 aromatic carbocycles. The Morgan fingerprint density at radius 1 is 0.929 bits per heavy atom. The zero-order valence-electron chi connectivity index (χ0n) is 15.7. The van der Waals surface area contributed by atoms with Gasteiger partial charge in [-0.15, -0.1) is 0 Å². The quantitative estimate of drug-likeness (QED) is 0.427. The lowest BCUT2D eigenvalue weighted by Gasteiger charge is -2.11. The summed E-state index contributed by atoms with van der Waals surface area (Å²) in [6.07, 6.45) is 2.67. The summed E-state index contributed by atoms with van der Waals surface area (Å²) in [6, 6.07) is 20.9. The van der Waals surface area contributed by atoms with Crippen LogP contribution in [0.5, 0.6) is 11.5 Å². The second-order valence-electron chi connectivity index (χ2n) is 6.04. The summed E-state index contributed by atoms with van der Waals surface area (Å²) in [4.78, 5) is 4.52. The van der Waals surface area contributed by atoms with Gasteiger partial charge >= 0.3 is 10.1 Å². The van der Waals surface area contributed by atoms with Crippen molar-refractivity contribution in [3.63, 3.8) is 0 Å². The lowest BCUT2D eigenvalue weighted by molar-refractivity contribution is 0.390. The second kappa shape index (κ2) is 8.71. The third kappa shape index (κ3) is 4.78. The van der Waals surface area contributed by atoms with Crippen LogP contribution in [-0.2, 0) is 16.5 Å². The zero-order valence-corrected chi connectivity index (χ0v) is 16.5. The highest BCUT2D eigenvalue weighted by atomic mass is 32.2. The first-order chi connectivity index (χ1) is 13.5. The Morgan fingerprint density at radius 2 is 1.64 bits per heavy atom. The minimum atomic E-state index is -3.93. The highest BCUT2D eigenvalue weighted by Crippen LogP contribution is 2.30. The summed E-state index contributed by atoms with van der Waals surface area (Å²) in [5.41, 5.74) is 2.85. The van der Waals surface area contributed by atoms with Crippen LogP contribution < -0.4 is 8.92 Å². The van der Waals surface area contributed by atoms with Crippen LogP contribution in [0.4, 0.5) is 5.69 Å². The van der Waals surface area contributed by atoms with Crippen LogP contribution in [0.3, 0.4) is 0 Å². The Balaban J connectivity index is 1.81. The molecule has 0 aliphatic heterocycles. The minimum absolute atomic E-state index is 0.0817. The highest BCUT2D eigenvalue weighted by molar-refractivity contribution is 7.87. The molecule has 0 fully saturated rings. The number of ether oxygens (including phenoxy) is 1. The van der Waals surface area contributed by atoms with E-state index < -0.39 is 10.1 Å². The minimum Gasteiger partial charge on any atom is -0.493 e. The van der Waals surface area contributed by atoms with E-state index in [2.05, 4.69) is 11.9 Å². The lowest BCUT2D eigenvalue weighted by atomic mass is 10.1. The van der Waals surface area contributed by atoms with Gasteiger partial charge in [0.1, 0.15) is 4.90 Å². The Labute approximate surface area is 165 Å². The lowest BCUT2D eigenvalue weighted by Crippen LogP contribution is -2.10. The van der Waals surface area contributed by atoms with Gasteiger partial charge in [0.25, 0.3) is 0 Å². The average Bonchev–Trinajstić information content (AvgIpc) is 2.73.